The van der Waals surface area contributed by atoms with Gasteiger partial charge in [-0.1, -0.05) is 30.9 Å². The highest BCUT2D eigenvalue weighted by atomic mass is 35.5. The number of fused-ring (bicyclic) bond motifs is 1. The third-order valence-electron chi connectivity index (χ3n) is 6.02. The Hall–Kier alpha value is -3.04. The Morgan fingerprint density at radius 2 is 1.93 bits per heavy atom. The van der Waals surface area contributed by atoms with Crippen LogP contribution in [-0.4, -0.2) is 15.5 Å². The Balaban J connectivity index is 1.94. The van der Waals surface area contributed by atoms with Crippen LogP contribution in [0, 0.1) is 25.2 Å². The van der Waals surface area contributed by atoms with Gasteiger partial charge in [0, 0.05) is 22.0 Å². The van der Waals surface area contributed by atoms with Crippen LogP contribution in [0.4, 0.5) is 0 Å². The van der Waals surface area contributed by atoms with Gasteiger partial charge in [-0.15, -0.1) is 0 Å². The predicted molar refractivity (Wildman–Crippen MR) is 113 cm³/mol. The van der Waals surface area contributed by atoms with Crippen molar-refractivity contribution < 1.29 is 14.3 Å². The molecule has 7 heteroatoms. The first-order valence-electron chi connectivity index (χ1n) is 9.96. The maximum Gasteiger partial charge on any atom is 0.271 e. The number of hydrogen-bond donors (Lipinski definition) is 1. The van der Waals surface area contributed by atoms with Crippen molar-refractivity contribution >= 4 is 28.4 Å². The van der Waals surface area contributed by atoms with Crippen LogP contribution >= 0.6 is 11.6 Å². The van der Waals surface area contributed by atoms with Crippen molar-refractivity contribution in [1.82, 2.24) is 4.57 Å². The number of carbonyl (C=O) groups is 1. The summed E-state index contributed by atoms with van der Waals surface area (Å²) >= 11 is 6.07. The topological polar surface area (TPSA) is 96.2 Å². The standard InChI is InChI=1S/C23H21ClN2O4/c1-12-17(11-25)22(28)26(15-6-4-3-5-7-15)23(29)19(12)20(27)21-13(2)16-10-14(24)8-9-18(16)30-21/h8-10,15,29H,3-7H2,1-2H3. The number of halogens is 1. The molecule has 0 unspecified atom stereocenters. The molecule has 1 N–H and O–H groups in total. The van der Waals surface area contributed by atoms with Gasteiger partial charge in [-0.3, -0.25) is 14.2 Å². The van der Waals surface area contributed by atoms with E-state index in [4.69, 9.17) is 16.0 Å². The average molecular weight is 425 g/mol. The lowest BCUT2D eigenvalue weighted by Gasteiger charge is -2.26. The van der Waals surface area contributed by atoms with E-state index in [0.29, 0.717) is 21.6 Å². The molecule has 6 nitrogen and oxygen atoms in total. The average Bonchev–Trinajstić information content (AvgIpc) is 3.05. The number of nitriles is 1. The van der Waals surface area contributed by atoms with Gasteiger partial charge in [-0.25, -0.2) is 0 Å². The Labute approximate surface area is 178 Å². The van der Waals surface area contributed by atoms with Crippen molar-refractivity contribution in [1.29, 1.82) is 5.26 Å². The summed E-state index contributed by atoms with van der Waals surface area (Å²) in [6, 6.07) is 6.74. The predicted octanol–water partition coefficient (Wildman–Crippen LogP) is 5.18. The molecule has 3 aromatic rings. The van der Waals surface area contributed by atoms with Crippen LogP contribution in [-0.2, 0) is 0 Å². The second-order valence-electron chi connectivity index (χ2n) is 7.80. The molecule has 0 radical (unpaired) electrons. The summed E-state index contributed by atoms with van der Waals surface area (Å²) < 4.78 is 7.01. The Kier molecular flexibility index (Phi) is 5.17. The van der Waals surface area contributed by atoms with Gasteiger partial charge in [0.2, 0.25) is 11.7 Å². The Morgan fingerprint density at radius 3 is 2.60 bits per heavy atom. The molecule has 30 heavy (non-hydrogen) atoms. The molecule has 1 fully saturated rings. The van der Waals surface area contributed by atoms with Crippen LogP contribution in [0.1, 0.15) is 71.0 Å². The van der Waals surface area contributed by atoms with Crippen LogP contribution in [0.2, 0.25) is 5.02 Å². The summed E-state index contributed by atoms with van der Waals surface area (Å²) in [6.07, 6.45) is 4.36. The minimum Gasteiger partial charge on any atom is -0.494 e. The molecule has 0 saturated heterocycles. The van der Waals surface area contributed by atoms with Crippen LogP contribution < -0.4 is 5.56 Å². The molecule has 0 amide bonds. The molecule has 1 aliphatic carbocycles. The Bertz CT molecular complexity index is 1270. The van der Waals surface area contributed by atoms with E-state index in [1.54, 1.807) is 25.1 Å². The van der Waals surface area contributed by atoms with E-state index in [1.807, 2.05) is 6.07 Å². The SMILES string of the molecule is Cc1c(C(=O)c2oc3ccc(Cl)cc3c2C)c(O)n(C2CCCCC2)c(=O)c1C#N. The largest absolute Gasteiger partial charge is 0.494 e. The number of nitrogens with zero attached hydrogens (tertiary/aromatic N) is 2. The molecular weight excluding hydrogens is 404 g/mol. The van der Waals surface area contributed by atoms with Gasteiger partial charge in [-0.2, -0.15) is 5.26 Å². The zero-order valence-electron chi connectivity index (χ0n) is 16.8. The first kappa shape index (κ1) is 20.2. The number of rotatable bonds is 3. The van der Waals surface area contributed by atoms with E-state index in [1.165, 1.54) is 11.5 Å². The molecule has 1 saturated carbocycles. The molecule has 2 aromatic heterocycles. The fraction of sp³-hybridized carbons (Fsp3) is 0.348. The number of benzene rings is 1. The number of carbonyl (C=O) groups excluding carboxylic acids is 1. The van der Waals surface area contributed by atoms with E-state index in [0.717, 1.165) is 32.1 Å². The zero-order chi connectivity index (χ0) is 21.6. The summed E-state index contributed by atoms with van der Waals surface area (Å²) in [5, 5.41) is 21.8. The quantitative estimate of drug-likeness (QED) is 0.584. The molecule has 4 rings (SSSR count). The number of pyridine rings is 1. The first-order valence-corrected chi connectivity index (χ1v) is 10.3. The van der Waals surface area contributed by atoms with E-state index in [-0.39, 0.29) is 28.5 Å². The lowest BCUT2D eigenvalue weighted by Crippen LogP contribution is -2.31. The van der Waals surface area contributed by atoms with E-state index in [2.05, 4.69) is 0 Å². The smallest absolute Gasteiger partial charge is 0.271 e. The van der Waals surface area contributed by atoms with Crippen molar-refractivity contribution in [3.8, 4) is 11.9 Å². The molecule has 1 aliphatic rings. The van der Waals surface area contributed by atoms with Gasteiger partial charge < -0.3 is 9.52 Å². The van der Waals surface area contributed by atoms with Crippen molar-refractivity contribution in [2.24, 2.45) is 0 Å². The van der Waals surface area contributed by atoms with Crippen molar-refractivity contribution in [2.45, 2.75) is 52.0 Å². The van der Waals surface area contributed by atoms with Gasteiger partial charge in [0.25, 0.3) is 5.56 Å². The zero-order valence-corrected chi connectivity index (χ0v) is 17.5. The second kappa shape index (κ2) is 7.66. The molecular formula is C23H21ClN2O4. The third-order valence-corrected chi connectivity index (χ3v) is 6.25. The van der Waals surface area contributed by atoms with Gasteiger partial charge >= 0.3 is 0 Å². The van der Waals surface area contributed by atoms with Gasteiger partial charge in [-0.05, 0) is 50.5 Å². The monoisotopic (exact) mass is 424 g/mol. The molecule has 154 valence electrons. The van der Waals surface area contributed by atoms with E-state index >= 15 is 0 Å². The molecule has 2 heterocycles. The first-order chi connectivity index (χ1) is 14.3. The fourth-order valence-corrected chi connectivity index (χ4v) is 4.57. The highest BCUT2D eigenvalue weighted by Crippen LogP contribution is 2.35. The van der Waals surface area contributed by atoms with Crippen molar-refractivity contribution in [3.63, 3.8) is 0 Å². The molecule has 0 atom stereocenters. The van der Waals surface area contributed by atoms with Gasteiger partial charge in [0.1, 0.15) is 17.2 Å². The van der Waals surface area contributed by atoms with E-state index in [9.17, 15) is 20.0 Å². The van der Waals surface area contributed by atoms with Gasteiger partial charge in [0.05, 0.1) is 5.56 Å². The maximum absolute atomic E-state index is 13.5. The third kappa shape index (κ3) is 3.10. The van der Waals surface area contributed by atoms with Crippen molar-refractivity contribution in [2.75, 3.05) is 0 Å². The number of furan rings is 1. The highest BCUT2D eigenvalue weighted by Gasteiger charge is 2.31. The minimum atomic E-state index is -0.559. The van der Waals surface area contributed by atoms with Gasteiger partial charge in [0.15, 0.2) is 5.76 Å². The number of aryl methyl sites for hydroxylation is 1. The normalized spacial score (nSPS) is 14.7. The van der Waals surface area contributed by atoms with Crippen LogP contribution in [0.25, 0.3) is 11.0 Å². The summed E-state index contributed by atoms with van der Waals surface area (Å²) in [5.41, 5.74) is 0.506. The maximum atomic E-state index is 13.5. The van der Waals surface area contributed by atoms with Crippen LogP contribution in [0.15, 0.2) is 27.4 Å². The summed E-state index contributed by atoms with van der Waals surface area (Å²) in [6.45, 7) is 3.25. The molecule has 0 spiro atoms. The number of aromatic hydroxyl groups is 1. The fourth-order valence-electron chi connectivity index (χ4n) is 4.39. The van der Waals surface area contributed by atoms with Crippen LogP contribution in [0.3, 0.4) is 0 Å². The van der Waals surface area contributed by atoms with E-state index < -0.39 is 17.2 Å². The summed E-state index contributed by atoms with van der Waals surface area (Å²) in [7, 11) is 0. The van der Waals surface area contributed by atoms with Crippen molar-refractivity contribution in [3.05, 3.63) is 61.6 Å². The highest BCUT2D eigenvalue weighted by molar-refractivity contribution is 6.31. The number of hydrogen-bond acceptors (Lipinski definition) is 5. The lowest BCUT2D eigenvalue weighted by molar-refractivity contribution is 0.100. The molecule has 0 aliphatic heterocycles. The molecule has 0 bridgehead atoms. The summed E-state index contributed by atoms with van der Waals surface area (Å²) in [4.78, 5) is 26.4. The second-order valence-corrected chi connectivity index (χ2v) is 8.24. The lowest BCUT2D eigenvalue weighted by atomic mass is 9.93. The Morgan fingerprint density at radius 1 is 1.23 bits per heavy atom. The molecule has 1 aromatic carbocycles. The number of ketones is 1. The minimum absolute atomic E-state index is 0.0587. The van der Waals surface area contributed by atoms with Crippen LogP contribution in [0.5, 0.6) is 5.88 Å². The summed E-state index contributed by atoms with van der Waals surface area (Å²) in [5.74, 6) is -0.898. The number of aromatic nitrogens is 1.